The summed E-state index contributed by atoms with van der Waals surface area (Å²) >= 11 is 0. The molecule has 0 unspecified atom stereocenters. The van der Waals surface area contributed by atoms with Gasteiger partial charge in [0.05, 0.1) is 12.8 Å². The third-order valence-corrected chi connectivity index (χ3v) is 3.13. The molecule has 4 nitrogen and oxygen atoms in total. The maximum atomic E-state index is 5.16. The third-order valence-electron chi connectivity index (χ3n) is 3.13. The van der Waals surface area contributed by atoms with Crippen LogP contribution >= 0.6 is 0 Å². The van der Waals surface area contributed by atoms with Crippen LogP contribution in [0.5, 0.6) is 5.75 Å². The van der Waals surface area contributed by atoms with Gasteiger partial charge in [0.25, 0.3) is 0 Å². The van der Waals surface area contributed by atoms with Gasteiger partial charge in [0.1, 0.15) is 11.4 Å². The Balaban J connectivity index is 2.04. The molecule has 2 aromatic heterocycles. The molecule has 0 atom stereocenters. The minimum atomic E-state index is 0.852. The summed E-state index contributed by atoms with van der Waals surface area (Å²) in [5.74, 6) is 0.852. The van der Waals surface area contributed by atoms with Crippen molar-refractivity contribution in [2.45, 2.75) is 0 Å². The van der Waals surface area contributed by atoms with Crippen LogP contribution in [0, 0.1) is 0 Å². The van der Waals surface area contributed by atoms with Crippen molar-refractivity contribution in [2.75, 3.05) is 19.5 Å². The Bertz CT molecular complexity index is 701. The van der Waals surface area contributed by atoms with E-state index in [-0.39, 0.29) is 0 Å². The second kappa shape index (κ2) is 4.65. The van der Waals surface area contributed by atoms with Crippen molar-refractivity contribution in [3.63, 3.8) is 0 Å². The Morgan fingerprint density at radius 3 is 2.63 bits per heavy atom. The van der Waals surface area contributed by atoms with Crippen LogP contribution in [-0.2, 0) is 0 Å². The van der Waals surface area contributed by atoms with Gasteiger partial charge in [-0.05, 0) is 30.3 Å². The summed E-state index contributed by atoms with van der Waals surface area (Å²) in [6.45, 7) is 0. The van der Waals surface area contributed by atoms with Crippen LogP contribution in [0.2, 0.25) is 0 Å². The van der Waals surface area contributed by atoms with Crippen LogP contribution in [0.4, 0.5) is 5.69 Å². The number of nitrogens with zero attached hydrogens (tertiary/aromatic N) is 2. The molecule has 0 aliphatic rings. The van der Waals surface area contributed by atoms with Crippen LogP contribution < -0.4 is 10.1 Å². The first-order chi connectivity index (χ1) is 9.30. The predicted octanol–water partition coefficient (Wildman–Crippen LogP) is 3.05. The van der Waals surface area contributed by atoms with E-state index in [1.807, 2.05) is 60.2 Å². The van der Waals surface area contributed by atoms with E-state index in [1.165, 1.54) is 0 Å². The van der Waals surface area contributed by atoms with E-state index < -0.39 is 0 Å². The van der Waals surface area contributed by atoms with Crippen LogP contribution in [-0.4, -0.2) is 23.5 Å². The summed E-state index contributed by atoms with van der Waals surface area (Å²) in [5.41, 5.74) is 4.02. The minimum absolute atomic E-state index is 0.852. The average Bonchev–Trinajstić information content (AvgIpc) is 2.90. The molecule has 0 radical (unpaired) electrons. The number of benzene rings is 1. The molecule has 0 aliphatic carbocycles. The molecule has 0 amide bonds. The van der Waals surface area contributed by atoms with Crippen molar-refractivity contribution in [3.05, 3.63) is 48.8 Å². The van der Waals surface area contributed by atoms with Gasteiger partial charge in [0, 0.05) is 36.8 Å². The molecule has 19 heavy (non-hydrogen) atoms. The molecular formula is C15H15N3O. The Morgan fingerprint density at radius 2 is 1.95 bits per heavy atom. The highest BCUT2D eigenvalue weighted by Gasteiger charge is 2.05. The Labute approximate surface area is 111 Å². The number of anilines is 1. The van der Waals surface area contributed by atoms with E-state index in [9.17, 15) is 0 Å². The van der Waals surface area contributed by atoms with Gasteiger partial charge >= 0.3 is 0 Å². The number of rotatable bonds is 3. The predicted molar refractivity (Wildman–Crippen MR) is 76.7 cm³/mol. The normalized spacial score (nSPS) is 10.6. The van der Waals surface area contributed by atoms with Crippen LogP contribution in [0.1, 0.15) is 0 Å². The summed E-state index contributed by atoms with van der Waals surface area (Å²) in [6, 6.07) is 12.0. The Kier molecular flexibility index (Phi) is 2.83. The third kappa shape index (κ3) is 2.12. The lowest BCUT2D eigenvalue weighted by atomic mass is 10.2. The first-order valence-electron chi connectivity index (χ1n) is 6.11. The lowest BCUT2D eigenvalue weighted by Crippen LogP contribution is -1.89. The van der Waals surface area contributed by atoms with Crippen molar-refractivity contribution in [2.24, 2.45) is 0 Å². The first kappa shape index (κ1) is 11.6. The maximum absolute atomic E-state index is 5.16. The fourth-order valence-corrected chi connectivity index (χ4v) is 2.04. The van der Waals surface area contributed by atoms with Gasteiger partial charge in [-0.3, -0.25) is 0 Å². The molecule has 0 fully saturated rings. The molecule has 1 aromatic carbocycles. The fourth-order valence-electron chi connectivity index (χ4n) is 2.04. The monoisotopic (exact) mass is 253 g/mol. The molecule has 0 saturated heterocycles. The van der Waals surface area contributed by atoms with Gasteiger partial charge < -0.3 is 14.5 Å². The van der Waals surface area contributed by atoms with Crippen molar-refractivity contribution < 1.29 is 4.74 Å². The number of nitrogens with one attached hydrogen (secondary N) is 1. The van der Waals surface area contributed by atoms with E-state index >= 15 is 0 Å². The molecule has 3 aromatic rings. The number of aromatic nitrogens is 2. The highest BCUT2D eigenvalue weighted by Crippen LogP contribution is 2.22. The molecule has 3 rings (SSSR count). The number of imidazole rings is 1. The Hall–Kier alpha value is -2.49. The second-order valence-corrected chi connectivity index (χ2v) is 4.29. The molecule has 4 heteroatoms. The number of hydrogen-bond donors (Lipinski definition) is 1. The van der Waals surface area contributed by atoms with Gasteiger partial charge in [-0.1, -0.05) is 0 Å². The smallest absolute Gasteiger partial charge is 0.139 e. The van der Waals surface area contributed by atoms with E-state index in [2.05, 4.69) is 10.3 Å². The van der Waals surface area contributed by atoms with E-state index in [0.29, 0.717) is 0 Å². The summed E-state index contributed by atoms with van der Waals surface area (Å²) in [5, 5.41) is 3.11. The van der Waals surface area contributed by atoms with Crippen LogP contribution in [0.3, 0.4) is 0 Å². The zero-order chi connectivity index (χ0) is 13.2. The number of fused-ring (bicyclic) bond motifs is 1. The molecule has 0 aliphatic heterocycles. The van der Waals surface area contributed by atoms with Gasteiger partial charge in [0.15, 0.2) is 0 Å². The minimum Gasteiger partial charge on any atom is -0.497 e. The molecule has 0 spiro atoms. The number of ether oxygens (including phenoxy) is 1. The average molecular weight is 253 g/mol. The molecule has 0 bridgehead atoms. The highest BCUT2D eigenvalue weighted by molar-refractivity contribution is 5.65. The molecular weight excluding hydrogens is 238 g/mol. The molecule has 0 saturated carbocycles. The lowest BCUT2D eigenvalue weighted by Gasteiger charge is -1.99. The van der Waals surface area contributed by atoms with E-state index in [0.717, 1.165) is 28.3 Å². The molecule has 2 heterocycles. The number of pyridine rings is 1. The van der Waals surface area contributed by atoms with Gasteiger partial charge in [-0.25, -0.2) is 4.98 Å². The van der Waals surface area contributed by atoms with Crippen molar-refractivity contribution >= 4 is 11.3 Å². The standard InChI is InChI=1S/C15H15N3O/c1-16-12-7-8-18-10-14(17-15(18)9-12)11-3-5-13(19-2)6-4-11/h3-10,16H,1-2H3. The first-order valence-corrected chi connectivity index (χ1v) is 6.11. The zero-order valence-corrected chi connectivity index (χ0v) is 10.9. The zero-order valence-electron chi connectivity index (χ0n) is 10.9. The van der Waals surface area contributed by atoms with Crippen LogP contribution in [0.25, 0.3) is 16.9 Å². The second-order valence-electron chi connectivity index (χ2n) is 4.29. The topological polar surface area (TPSA) is 38.6 Å². The maximum Gasteiger partial charge on any atom is 0.139 e. The molecule has 1 N–H and O–H groups in total. The van der Waals surface area contributed by atoms with E-state index in [4.69, 9.17) is 4.74 Å². The summed E-state index contributed by atoms with van der Waals surface area (Å²) < 4.78 is 7.17. The van der Waals surface area contributed by atoms with Crippen LogP contribution in [0.15, 0.2) is 48.8 Å². The number of methoxy groups -OCH3 is 1. The molecule has 96 valence electrons. The SMILES string of the molecule is CNc1ccn2cc(-c3ccc(OC)cc3)nc2c1. The largest absolute Gasteiger partial charge is 0.497 e. The van der Waals surface area contributed by atoms with Crippen molar-refractivity contribution in [3.8, 4) is 17.0 Å². The summed E-state index contributed by atoms with van der Waals surface area (Å²) in [6.07, 6.45) is 4.03. The van der Waals surface area contributed by atoms with Crippen molar-refractivity contribution in [1.29, 1.82) is 0 Å². The lowest BCUT2D eigenvalue weighted by molar-refractivity contribution is 0.415. The summed E-state index contributed by atoms with van der Waals surface area (Å²) in [4.78, 5) is 4.63. The van der Waals surface area contributed by atoms with Gasteiger partial charge in [-0.2, -0.15) is 0 Å². The Morgan fingerprint density at radius 1 is 1.16 bits per heavy atom. The van der Waals surface area contributed by atoms with E-state index in [1.54, 1.807) is 7.11 Å². The highest BCUT2D eigenvalue weighted by atomic mass is 16.5. The fraction of sp³-hybridized carbons (Fsp3) is 0.133. The quantitative estimate of drug-likeness (QED) is 0.779. The van der Waals surface area contributed by atoms with Gasteiger partial charge in [0.2, 0.25) is 0 Å². The summed E-state index contributed by atoms with van der Waals surface area (Å²) in [7, 11) is 3.57. The van der Waals surface area contributed by atoms with Gasteiger partial charge in [-0.15, -0.1) is 0 Å². The number of hydrogen-bond acceptors (Lipinski definition) is 3. The van der Waals surface area contributed by atoms with Crippen molar-refractivity contribution in [1.82, 2.24) is 9.38 Å².